The number of nitrogens with zero attached hydrogens (tertiary/aromatic N) is 3. The Morgan fingerprint density at radius 1 is 1.06 bits per heavy atom. The highest BCUT2D eigenvalue weighted by Gasteiger charge is 2.45. The van der Waals surface area contributed by atoms with Gasteiger partial charge in [0.25, 0.3) is 5.91 Å². The second kappa shape index (κ2) is 14.3. The van der Waals surface area contributed by atoms with Crippen LogP contribution in [0.2, 0.25) is 5.02 Å². The van der Waals surface area contributed by atoms with Crippen molar-refractivity contribution in [2.45, 2.75) is 69.1 Å². The lowest BCUT2D eigenvalue weighted by Crippen LogP contribution is -2.59. The van der Waals surface area contributed by atoms with Gasteiger partial charge >= 0.3 is 0 Å². The minimum Gasteiger partial charge on any atom is -0.490 e. The first-order valence-electron chi connectivity index (χ1n) is 19.2. The number of allylic oxidation sites excluding steroid dienone is 1. The Balaban J connectivity index is 1.15. The van der Waals surface area contributed by atoms with Gasteiger partial charge in [0, 0.05) is 67.9 Å². The molecule has 2 aromatic carbocycles. The smallest absolute Gasteiger partial charge is 0.264 e. The van der Waals surface area contributed by atoms with E-state index in [-0.39, 0.29) is 11.3 Å². The second-order valence-electron chi connectivity index (χ2n) is 16.3. The summed E-state index contributed by atoms with van der Waals surface area (Å²) in [5.74, 6) is 1.36. The van der Waals surface area contributed by atoms with Crippen LogP contribution in [0.25, 0.3) is 0 Å². The Bertz CT molecular complexity index is 1770. The number of halogens is 1. The van der Waals surface area contributed by atoms with Gasteiger partial charge in [0.05, 0.1) is 30.8 Å². The Hall–Kier alpha value is -2.63. The zero-order valence-electron chi connectivity index (χ0n) is 30.1. The number of carbonyl (C=O) groups excluding carboxylic acids is 1. The van der Waals surface area contributed by atoms with Gasteiger partial charge in [-0.3, -0.25) is 14.6 Å². The SMILES string of the molecule is C[C@@H]1[C@@H](C)C/C=C\[C@H](CN2CCN3CCOC[C@@H]3C2)[C@@H]2CC[C@H]2CN2C[C@@]3(CCCc4cc(Cl)ccc43)COc3ccc(cc32)C(=O)NS1(=O)=O. The van der Waals surface area contributed by atoms with Crippen LogP contribution in [0.5, 0.6) is 5.75 Å². The van der Waals surface area contributed by atoms with Gasteiger partial charge in [-0.05, 0) is 111 Å². The number of amides is 1. The van der Waals surface area contributed by atoms with E-state index in [1.165, 1.54) is 17.5 Å². The molecule has 3 fully saturated rings. The molecule has 1 N–H and O–H groups in total. The van der Waals surface area contributed by atoms with Gasteiger partial charge in [-0.25, -0.2) is 13.1 Å². The molecule has 1 amide bonds. The van der Waals surface area contributed by atoms with E-state index in [2.05, 4.69) is 43.7 Å². The summed E-state index contributed by atoms with van der Waals surface area (Å²) in [6.07, 6.45) is 10.7. The monoisotopic (exact) mass is 736 g/mol. The Morgan fingerprint density at radius 3 is 2.78 bits per heavy atom. The summed E-state index contributed by atoms with van der Waals surface area (Å²) in [4.78, 5) is 21.3. The number of rotatable bonds is 2. The summed E-state index contributed by atoms with van der Waals surface area (Å²) in [7, 11) is -3.91. The van der Waals surface area contributed by atoms with Crippen LogP contribution in [-0.4, -0.2) is 101 Å². The van der Waals surface area contributed by atoms with Crippen molar-refractivity contribution in [1.82, 2.24) is 14.5 Å². The molecule has 0 aromatic heterocycles. The number of hydrogen-bond donors (Lipinski definition) is 1. The summed E-state index contributed by atoms with van der Waals surface area (Å²) >= 11 is 6.49. The van der Waals surface area contributed by atoms with Crippen molar-refractivity contribution in [3.8, 4) is 5.75 Å². The van der Waals surface area contributed by atoms with Crippen molar-refractivity contribution in [2.75, 3.05) is 70.5 Å². The van der Waals surface area contributed by atoms with E-state index < -0.39 is 21.2 Å². The minimum atomic E-state index is -3.91. The zero-order valence-corrected chi connectivity index (χ0v) is 31.6. The molecule has 2 bridgehead atoms. The molecule has 4 heterocycles. The van der Waals surface area contributed by atoms with Crippen LogP contribution in [0.15, 0.2) is 48.6 Å². The number of piperazine rings is 1. The van der Waals surface area contributed by atoms with Gasteiger partial charge in [0.1, 0.15) is 5.75 Å². The Kier molecular flexibility index (Phi) is 9.93. The van der Waals surface area contributed by atoms with E-state index in [0.717, 1.165) is 101 Å². The van der Waals surface area contributed by atoms with E-state index in [1.54, 1.807) is 13.0 Å². The number of hydrogen-bond acceptors (Lipinski definition) is 8. The number of morpholine rings is 1. The molecule has 276 valence electrons. The van der Waals surface area contributed by atoms with E-state index >= 15 is 0 Å². The molecule has 7 atom stereocenters. The van der Waals surface area contributed by atoms with Crippen molar-refractivity contribution >= 4 is 33.2 Å². The van der Waals surface area contributed by atoms with Crippen LogP contribution in [0.4, 0.5) is 5.69 Å². The fraction of sp³-hybridized carbons (Fsp3) is 0.625. The number of carbonyl (C=O) groups is 1. The van der Waals surface area contributed by atoms with Crippen molar-refractivity contribution < 1.29 is 22.7 Å². The molecule has 8 rings (SSSR count). The molecule has 11 heteroatoms. The molecule has 0 radical (unpaired) electrons. The highest BCUT2D eigenvalue weighted by Crippen LogP contribution is 2.48. The maximum Gasteiger partial charge on any atom is 0.264 e. The molecular weight excluding hydrogens is 684 g/mol. The average Bonchev–Trinajstić information content (AvgIpc) is 3.25. The summed E-state index contributed by atoms with van der Waals surface area (Å²) in [5, 5.41) is 0.0328. The standard InChI is InChI=1S/C40H53ClN4O5S/c1-27-5-3-6-31(21-43-15-16-44-17-18-49-24-34(44)23-43)35-11-8-32(35)22-45-25-40(14-4-7-29-19-33(41)10-12-36(29)40)26-50-38-13-9-30(20-37(38)45)39(46)42-51(47,48)28(27)2/h3,6,9-10,12-13,19-20,27-28,31-32,34-35H,4-5,7-8,11,14-18,21-26H2,1-2H3,(H,42,46)/b6-3-/t27-,28+,31+,32-,34-,35-,40-/m0/s1. The lowest BCUT2D eigenvalue weighted by Gasteiger charge is -2.48. The van der Waals surface area contributed by atoms with E-state index in [0.29, 0.717) is 42.4 Å². The first-order chi connectivity index (χ1) is 24.6. The minimum absolute atomic E-state index is 0.152. The summed E-state index contributed by atoms with van der Waals surface area (Å²) in [6, 6.07) is 12.2. The van der Waals surface area contributed by atoms with Crippen molar-refractivity contribution in [3.63, 3.8) is 0 Å². The fourth-order valence-corrected chi connectivity index (χ4v) is 11.3. The largest absolute Gasteiger partial charge is 0.490 e. The molecular formula is C40H53ClN4O5S. The summed E-state index contributed by atoms with van der Waals surface area (Å²) in [5.41, 5.74) is 3.58. The van der Waals surface area contributed by atoms with Crippen LogP contribution >= 0.6 is 11.6 Å². The number of anilines is 1. The van der Waals surface area contributed by atoms with Crippen molar-refractivity contribution in [1.29, 1.82) is 0 Å². The van der Waals surface area contributed by atoms with Crippen LogP contribution in [0.3, 0.4) is 0 Å². The van der Waals surface area contributed by atoms with Crippen LogP contribution in [0, 0.1) is 23.7 Å². The van der Waals surface area contributed by atoms with Crippen molar-refractivity contribution in [3.05, 3.63) is 70.3 Å². The Labute approximate surface area is 308 Å². The number of benzene rings is 2. The summed E-state index contributed by atoms with van der Waals surface area (Å²) in [6.45, 7) is 12.7. The predicted octanol–water partition coefficient (Wildman–Crippen LogP) is 5.52. The van der Waals surface area contributed by atoms with Crippen molar-refractivity contribution in [2.24, 2.45) is 23.7 Å². The highest BCUT2D eigenvalue weighted by molar-refractivity contribution is 7.90. The Morgan fingerprint density at radius 2 is 1.94 bits per heavy atom. The van der Waals surface area contributed by atoms with Gasteiger partial charge in [-0.1, -0.05) is 36.7 Å². The molecule has 1 saturated carbocycles. The molecule has 9 nitrogen and oxygen atoms in total. The average molecular weight is 737 g/mol. The highest BCUT2D eigenvalue weighted by atomic mass is 35.5. The van der Waals surface area contributed by atoms with Gasteiger partial charge < -0.3 is 14.4 Å². The predicted molar refractivity (Wildman–Crippen MR) is 201 cm³/mol. The summed E-state index contributed by atoms with van der Waals surface area (Å²) < 4.78 is 42.0. The number of sulfonamides is 1. The number of aryl methyl sites for hydroxylation is 1. The van der Waals surface area contributed by atoms with Gasteiger partial charge in [-0.15, -0.1) is 0 Å². The molecule has 51 heavy (non-hydrogen) atoms. The normalized spacial score (nSPS) is 34.9. The van der Waals surface area contributed by atoms with Gasteiger partial charge in [0.15, 0.2) is 0 Å². The number of nitrogens with one attached hydrogen (secondary N) is 1. The first-order valence-corrected chi connectivity index (χ1v) is 21.1. The zero-order chi connectivity index (χ0) is 35.3. The molecule has 2 aromatic rings. The lowest BCUT2D eigenvalue weighted by molar-refractivity contribution is -0.0492. The molecule has 6 aliphatic rings. The van der Waals surface area contributed by atoms with Crippen LogP contribution in [0.1, 0.15) is 67.4 Å². The van der Waals surface area contributed by atoms with Crippen LogP contribution < -0.4 is 14.4 Å². The maximum atomic E-state index is 13.6. The second-order valence-corrected chi connectivity index (χ2v) is 18.8. The third-order valence-electron chi connectivity index (χ3n) is 13.2. The van der Waals surface area contributed by atoms with E-state index in [9.17, 15) is 13.2 Å². The van der Waals surface area contributed by atoms with E-state index in [4.69, 9.17) is 21.1 Å². The van der Waals surface area contributed by atoms with Gasteiger partial charge in [-0.2, -0.15) is 0 Å². The molecule has 1 spiro atoms. The first kappa shape index (κ1) is 35.4. The topological polar surface area (TPSA) is 91.4 Å². The van der Waals surface area contributed by atoms with Crippen LogP contribution in [-0.2, 0) is 26.6 Å². The van der Waals surface area contributed by atoms with E-state index in [1.807, 2.05) is 25.1 Å². The lowest BCUT2D eigenvalue weighted by atomic mass is 9.65. The molecule has 4 aliphatic heterocycles. The third kappa shape index (κ3) is 7.08. The quantitative estimate of drug-likeness (QED) is 0.404. The van der Waals surface area contributed by atoms with Gasteiger partial charge in [0.2, 0.25) is 10.0 Å². The fourth-order valence-electron chi connectivity index (χ4n) is 9.78. The number of fused-ring (bicyclic) bond motifs is 5. The molecule has 2 saturated heterocycles. The molecule has 2 aliphatic carbocycles. The number of ether oxygens (including phenoxy) is 2. The maximum absolute atomic E-state index is 13.6. The third-order valence-corrected chi connectivity index (χ3v) is 15.3. The molecule has 0 unspecified atom stereocenters.